The van der Waals surface area contributed by atoms with Crippen LogP contribution >= 0.6 is 27.3 Å². The molecule has 0 aliphatic heterocycles. The molecule has 1 aromatic heterocycles. The van der Waals surface area contributed by atoms with E-state index in [0.29, 0.717) is 4.88 Å². The summed E-state index contributed by atoms with van der Waals surface area (Å²) in [5.74, 6) is -0.255. The lowest BCUT2D eigenvalue weighted by Crippen LogP contribution is -2.19. The van der Waals surface area contributed by atoms with Gasteiger partial charge in [-0.3, -0.25) is 14.9 Å². The van der Waals surface area contributed by atoms with Crippen molar-refractivity contribution in [2.45, 2.75) is 6.42 Å². The lowest BCUT2D eigenvalue weighted by atomic mass is 10.0. The van der Waals surface area contributed by atoms with Gasteiger partial charge in [0.1, 0.15) is 0 Å². The van der Waals surface area contributed by atoms with E-state index in [2.05, 4.69) is 26.5 Å². The van der Waals surface area contributed by atoms with E-state index in [1.165, 1.54) is 12.3 Å². The van der Waals surface area contributed by atoms with Crippen LogP contribution < -0.4 is 5.43 Å². The molecule has 3 aromatic rings. The fourth-order valence-electron chi connectivity index (χ4n) is 2.37. The molecular weight excluding hydrogens is 406 g/mol. The van der Waals surface area contributed by atoms with E-state index < -0.39 is 4.92 Å². The van der Waals surface area contributed by atoms with Crippen LogP contribution in [0.25, 0.3) is 10.8 Å². The van der Waals surface area contributed by atoms with Crippen LogP contribution in [0.1, 0.15) is 10.4 Å². The fraction of sp³-hybridized carbons (Fsp3) is 0.0588. The van der Waals surface area contributed by atoms with E-state index in [1.54, 1.807) is 6.07 Å². The van der Waals surface area contributed by atoms with E-state index in [-0.39, 0.29) is 17.3 Å². The second-order valence-corrected chi connectivity index (χ2v) is 7.10. The Bertz CT molecular complexity index is 984. The number of nitrogens with zero attached hydrogens (tertiary/aromatic N) is 2. The summed E-state index contributed by atoms with van der Waals surface area (Å²) in [4.78, 5) is 22.9. The van der Waals surface area contributed by atoms with Gasteiger partial charge in [0, 0.05) is 10.5 Å². The van der Waals surface area contributed by atoms with Crippen molar-refractivity contribution in [3.8, 4) is 0 Å². The first-order chi connectivity index (χ1) is 12.0. The predicted molar refractivity (Wildman–Crippen MR) is 102 cm³/mol. The van der Waals surface area contributed by atoms with Gasteiger partial charge in [0.15, 0.2) is 0 Å². The monoisotopic (exact) mass is 417 g/mol. The number of carbonyl (C=O) groups excluding carboxylic acids is 1. The van der Waals surface area contributed by atoms with Crippen molar-refractivity contribution in [2.75, 3.05) is 0 Å². The number of rotatable bonds is 5. The zero-order chi connectivity index (χ0) is 17.8. The molecule has 0 atom stereocenters. The van der Waals surface area contributed by atoms with Gasteiger partial charge in [0.05, 0.1) is 22.4 Å². The first kappa shape index (κ1) is 17.2. The summed E-state index contributed by atoms with van der Waals surface area (Å²) in [6, 6.07) is 14.6. The van der Waals surface area contributed by atoms with Crippen LogP contribution in [0.2, 0.25) is 0 Å². The number of benzene rings is 2. The molecule has 0 aliphatic rings. The van der Waals surface area contributed by atoms with Crippen LogP contribution in [0, 0.1) is 10.1 Å². The first-order valence-electron chi connectivity index (χ1n) is 7.27. The lowest BCUT2D eigenvalue weighted by molar-refractivity contribution is -0.380. The third-order valence-electron chi connectivity index (χ3n) is 3.49. The van der Waals surface area contributed by atoms with Crippen LogP contribution in [0.5, 0.6) is 0 Å². The summed E-state index contributed by atoms with van der Waals surface area (Å²) < 4.78 is 0.976. The van der Waals surface area contributed by atoms with Crippen LogP contribution in [0.4, 0.5) is 5.00 Å². The maximum Gasteiger partial charge on any atom is 0.324 e. The molecule has 1 heterocycles. The van der Waals surface area contributed by atoms with E-state index in [9.17, 15) is 14.9 Å². The van der Waals surface area contributed by atoms with Crippen LogP contribution in [0.15, 0.2) is 58.1 Å². The number of carbonyl (C=O) groups is 1. The molecule has 6 nitrogen and oxygen atoms in total. The lowest BCUT2D eigenvalue weighted by Gasteiger charge is -2.07. The van der Waals surface area contributed by atoms with Gasteiger partial charge in [0.2, 0.25) is 5.91 Å². The van der Waals surface area contributed by atoms with Crippen molar-refractivity contribution < 1.29 is 9.72 Å². The van der Waals surface area contributed by atoms with Gasteiger partial charge in [-0.05, 0) is 28.5 Å². The number of hydrogen-bond acceptors (Lipinski definition) is 5. The zero-order valence-electron chi connectivity index (χ0n) is 12.8. The van der Waals surface area contributed by atoms with Crippen LogP contribution in [-0.2, 0) is 11.2 Å². The summed E-state index contributed by atoms with van der Waals surface area (Å²) >= 11 is 4.50. The van der Waals surface area contributed by atoms with Crippen molar-refractivity contribution >= 4 is 55.2 Å². The Kier molecular flexibility index (Phi) is 5.20. The van der Waals surface area contributed by atoms with Crippen molar-refractivity contribution in [2.24, 2.45) is 5.10 Å². The fourth-order valence-corrected chi connectivity index (χ4v) is 3.54. The highest BCUT2D eigenvalue weighted by Crippen LogP contribution is 2.27. The number of hydrazone groups is 1. The molecule has 8 heteroatoms. The average molecular weight is 418 g/mol. The summed E-state index contributed by atoms with van der Waals surface area (Å²) in [5.41, 5.74) is 3.35. The second kappa shape index (κ2) is 7.54. The maximum atomic E-state index is 12.1. The van der Waals surface area contributed by atoms with Gasteiger partial charge in [-0.1, -0.05) is 57.6 Å². The molecule has 2 aromatic carbocycles. The van der Waals surface area contributed by atoms with Crippen molar-refractivity contribution in [3.05, 3.63) is 73.6 Å². The number of amides is 1. The number of nitrogens with one attached hydrogen (secondary N) is 1. The number of nitro groups is 1. The Hall–Kier alpha value is -2.58. The highest BCUT2D eigenvalue weighted by atomic mass is 79.9. The molecule has 0 saturated heterocycles. The number of halogens is 1. The summed E-state index contributed by atoms with van der Waals surface area (Å²) in [6.45, 7) is 0. The molecule has 1 N–H and O–H groups in total. The zero-order valence-corrected chi connectivity index (χ0v) is 15.2. The predicted octanol–water partition coefficient (Wildman–Crippen LogP) is 4.26. The minimum absolute atomic E-state index is 0.0362. The number of fused-ring (bicyclic) bond motifs is 1. The Labute approximate surface area is 155 Å². The van der Waals surface area contributed by atoms with Gasteiger partial charge in [-0.15, -0.1) is 0 Å². The number of hydrogen-bond donors (Lipinski definition) is 1. The van der Waals surface area contributed by atoms with Gasteiger partial charge in [-0.25, -0.2) is 5.43 Å². The molecule has 0 bridgehead atoms. The minimum Gasteiger partial charge on any atom is -0.273 e. The molecule has 0 fully saturated rings. The topological polar surface area (TPSA) is 84.6 Å². The largest absolute Gasteiger partial charge is 0.324 e. The van der Waals surface area contributed by atoms with Gasteiger partial charge in [0.25, 0.3) is 0 Å². The Morgan fingerprint density at radius 1 is 1.20 bits per heavy atom. The van der Waals surface area contributed by atoms with Gasteiger partial charge < -0.3 is 0 Å². The molecule has 0 radical (unpaired) electrons. The van der Waals surface area contributed by atoms with E-state index >= 15 is 0 Å². The van der Waals surface area contributed by atoms with Crippen LogP contribution in [-0.4, -0.2) is 17.0 Å². The molecule has 1 amide bonds. The summed E-state index contributed by atoms with van der Waals surface area (Å²) in [7, 11) is 0. The standard InChI is InChI=1S/C17H12BrN3O3S/c18-15-7-5-11(13-3-1-2-4-14(13)15)9-16(22)20-19-10-12-6-8-17(25-12)21(23)24/h1-8,10H,9H2,(H,20,22)/b19-10-. The van der Waals surface area contributed by atoms with E-state index in [1.807, 2.05) is 36.4 Å². The second-order valence-electron chi connectivity index (χ2n) is 5.16. The summed E-state index contributed by atoms with van der Waals surface area (Å²) in [6.07, 6.45) is 1.59. The average Bonchev–Trinajstić information content (AvgIpc) is 3.07. The quantitative estimate of drug-likeness (QED) is 0.382. The Morgan fingerprint density at radius 3 is 2.68 bits per heavy atom. The van der Waals surface area contributed by atoms with Crippen molar-refractivity contribution in [3.63, 3.8) is 0 Å². The maximum absolute atomic E-state index is 12.1. The number of thiophene rings is 1. The Morgan fingerprint density at radius 2 is 1.96 bits per heavy atom. The smallest absolute Gasteiger partial charge is 0.273 e. The normalized spacial score (nSPS) is 11.1. The van der Waals surface area contributed by atoms with Gasteiger partial charge >= 0.3 is 5.00 Å². The minimum atomic E-state index is -0.459. The molecule has 126 valence electrons. The molecule has 0 saturated carbocycles. The van der Waals surface area contributed by atoms with E-state index in [4.69, 9.17) is 0 Å². The molecular formula is C17H12BrN3O3S. The van der Waals surface area contributed by atoms with Crippen LogP contribution in [0.3, 0.4) is 0 Å². The molecule has 0 spiro atoms. The highest BCUT2D eigenvalue weighted by molar-refractivity contribution is 9.10. The summed E-state index contributed by atoms with van der Waals surface area (Å²) in [5, 5.41) is 16.6. The van der Waals surface area contributed by atoms with Crippen molar-refractivity contribution in [1.82, 2.24) is 5.43 Å². The third-order valence-corrected chi connectivity index (χ3v) is 5.15. The molecule has 0 aliphatic carbocycles. The molecule has 25 heavy (non-hydrogen) atoms. The molecule has 3 rings (SSSR count). The van der Waals surface area contributed by atoms with Crippen molar-refractivity contribution in [1.29, 1.82) is 0 Å². The van der Waals surface area contributed by atoms with E-state index in [0.717, 1.165) is 32.1 Å². The van der Waals surface area contributed by atoms with Gasteiger partial charge in [-0.2, -0.15) is 5.10 Å². The highest BCUT2D eigenvalue weighted by Gasteiger charge is 2.09. The first-order valence-corrected chi connectivity index (χ1v) is 8.88. The SMILES string of the molecule is O=C(Cc1ccc(Br)c2ccccc12)N/N=C\c1ccc([N+](=O)[O-])s1. The Balaban J connectivity index is 1.68. The third kappa shape index (κ3) is 4.09. The molecule has 0 unspecified atom stereocenters.